The Morgan fingerprint density at radius 3 is 1.74 bits per heavy atom. The van der Waals surface area contributed by atoms with Crippen molar-refractivity contribution in [1.82, 2.24) is 15.0 Å². The summed E-state index contributed by atoms with van der Waals surface area (Å²) in [6, 6.07) is 71.2. The number of hydrogen-bond donors (Lipinski definition) is 0. The summed E-state index contributed by atoms with van der Waals surface area (Å²) in [5.74, 6) is 1.84. The van der Waals surface area contributed by atoms with Crippen molar-refractivity contribution in [1.29, 1.82) is 0 Å². The lowest BCUT2D eigenvalue weighted by atomic mass is 9.79. The second-order valence-corrected chi connectivity index (χ2v) is 18.6. The molecular weight excluding hydrogens is 811 g/mol. The maximum Gasteiger partial charge on any atom is 0.164 e. The first-order valence-electron chi connectivity index (χ1n) is 22.1. The van der Waals surface area contributed by atoms with Crippen molar-refractivity contribution in [2.75, 3.05) is 0 Å². The SMILES string of the molecule is CC1(C)c2ccccc2-c2cccc(-c3ccc(-c4ccc5oc6cccc(-c7nc(-c8ccc(-c9ccccc9)cc8)nc(-c8cccc9sc%10ccccc%10c89)n7)c6c5c4)cc3)c21. The van der Waals surface area contributed by atoms with Crippen LogP contribution in [0.4, 0.5) is 0 Å². The number of benzene rings is 9. The van der Waals surface area contributed by atoms with Gasteiger partial charge in [-0.25, -0.2) is 15.0 Å². The minimum Gasteiger partial charge on any atom is -0.456 e. The lowest BCUT2D eigenvalue weighted by Crippen LogP contribution is -2.16. The van der Waals surface area contributed by atoms with Crippen molar-refractivity contribution in [3.63, 3.8) is 0 Å². The van der Waals surface area contributed by atoms with Crippen LogP contribution in [0.25, 0.3) is 121 Å². The topological polar surface area (TPSA) is 51.8 Å². The standard InChI is InChI=1S/C60H39N3OS/c1-60(2)49-21-8-6-15-43(49)44-18-10-17-42(56(44)60)39-29-25-38(26-30-39)41-33-34-50-48(35-41)54-46(19-11-22-51(54)64-50)58-61-57(40-31-27-37(28-32-40)36-13-4-3-5-14-36)62-59(63-58)47-20-12-24-53-55(47)45-16-7-9-23-52(45)65-53/h3-35H,1-2H3. The number of nitrogens with zero attached hydrogens (tertiary/aromatic N) is 3. The maximum atomic E-state index is 6.58. The van der Waals surface area contributed by atoms with Gasteiger partial charge in [0.1, 0.15) is 11.2 Å². The van der Waals surface area contributed by atoms with Crippen molar-refractivity contribution < 1.29 is 4.42 Å². The smallest absolute Gasteiger partial charge is 0.164 e. The van der Waals surface area contributed by atoms with E-state index >= 15 is 0 Å². The van der Waals surface area contributed by atoms with Gasteiger partial charge in [-0.2, -0.15) is 0 Å². The summed E-state index contributed by atoms with van der Waals surface area (Å²) in [5.41, 5.74) is 16.8. The van der Waals surface area contributed by atoms with E-state index in [2.05, 4.69) is 196 Å². The summed E-state index contributed by atoms with van der Waals surface area (Å²) < 4.78 is 9.02. The quantitative estimate of drug-likeness (QED) is 0.167. The van der Waals surface area contributed by atoms with Gasteiger partial charge in [0.25, 0.3) is 0 Å². The van der Waals surface area contributed by atoms with Crippen LogP contribution in [-0.4, -0.2) is 15.0 Å². The number of thiophene rings is 1. The highest BCUT2D eigenvalue weighted by molar-refractivity contribution is 7.25. The molecule has 0 bridgehead atoms. The van der Waals surface area contributed by atoms with Gasteiger partial charge in [-0.3, -0.25) is 0 Å². The first-order valence-corrected chi connectivity index (χ1v) is 22.9. The van der Waals surface area contributed by atoms with Crippen molar-refractivity contribution in [3.8, 4) is 78.7 Å². The van der Waals surface area contributed by atoms with E-state index in [9.17, 15) is 0 Å². The zero-order valence-corrected chi connectivity index (χ0v) is 36.5. The van der Waals surface area contributed by atoms with Gasteiger partial charge in [-0.05, 0) is 86.0 Å². The molecule has 1 aliphatic carbocycles. The van der Waals surface area contributed by atoms with Gasteiger partial charge < -0.3 is 4.42 Å². The third-order valence-electron chi connectivity index (χ3n) is 13.4. The molecule has 9 aromatic carbocycles. The highest BCUT2D eigenvalue weighted by atomic mass is 32.1. The van der Waals surface area contributed by atoms with Crippen LogP contribution in [0.3, 0.4) is 0 Å². The predicted octanol–water partition coefficient (Wildman–Crippen LogP) is 16.4. The molecular formula is C60H39N3OS. The van der Waals surface area contributed by atoms with Gasteiger partial charge in [0.05, 0.1) is 0 Å². The summed E-state index contributed by atoms with van der Waals surface area (Å²) in [4.78, 5) is 15.9. The lowest BCUT2D eigenvalue weighted by Gasteiger charge is -2.24. The molecule has 0 fully saturated rings. The summed E-state index contributed by atoms with van der Waals surface area (Å²) in [7, 11) is 0. The van der Waals surface area contributed by atoms with E-state index < -0.39 is 0 Å². The molecule has 12 aromatic rings. The van der Waals surface area contributed by atoms with Crippen molar-refractivity contribution in [3.05, 3.63) is 211 Å². The lowest BCUT2D eigenvalue weighted by molar-refractivity contribution is 0.662. The fraction of sp³-hybridized carbons (Fsp3) is 0.0500. The van der Waals surface area contributed by atoms with E-state index in [0.717, 1.165) is 66.3 Å². The molecule has 0 atom stereocenters. The number of aromatic nitrogens is 3. The second-order valence-electron chi connectivity index (χ2n) is 17.5. The molecule has 306 valence electrons. The van der Waals surface area contributed by atoms with E-state index in [1.807, 2.05) is 18.2 Å². The Morgan fingerprint density at radius 2 is 0.923 bits per heavy atom. The maximum absolute atomic E-state index is 6.58. The molecule has 0 saturated heterocycles. The molecule has 3 heterocycles. The predicted molar refractivity (Wildman–Crippen MR) is 270 cm³/mol. The molecule has 4 nitrogen and oxygen atoms in total. The minimum atomic E-state index is -0.0923. The van der Waals surface area contributed by atoms with Crippen LogP contribution >= 0.6 is 11.3 Å². The van der Waals surface area contributed by atoms with Crippen LogP contribution in [0.1, 0.15) is 25.0 Å². The van der Waals surface area contributed by atoms with Crippen LogP contribution in [0, 0.1) is 0 Å². The molecule has 0 aliphatic heterocycles. The fourth-order valence-electron chi connectivity index (χ4n) is 10.3. The molecule has 0 N–H and O–H groups in total. The molecule has 0 spiro atoms. The summed E-state index contributed by atoms with van der Waals surface area (Å²) in [6.07, 6.45) is 0. The number of hydrogen-bond acceptors (Lipinski definition) is 5. The highest BCUT2D eigenvalue weighted by Gasteiger charge is 2.37. The molecule has 0 amide bonds. The van der Waals surface area contributed by atoms with Crippen LogP contribution in [-0.2, 0) is 5.41 Å². The Morgan fingerprint density at radius 1 is 0.369 bits per heavy atom. The molecule has 3 aromatic heterocycles. The summed E-state index contributed by atoms with van der Waals surface area (Å²) >= 11 is 1.79. The Bertz CT molecular complexity index is 3840. The Hall–Kier alpha value is -7.99. The Balaban J connectivity index is 0.944. The number of furan rings is 1. The Kier molecular flexibility index (Phi) is 8.39. The van der Waals surface area contributed by atoms with Gasteiger partial charge in [-0.15, -0.1) is 11.3 Å². The molecule has 5 heteroatoms. The first-order chi connectivity index (χ1) is 32.0. The monoisotopic (exact) mass is 849 g/mol. The van der Waals surface area contributed by atoms with E-state index in [4.69, 9.17) is 19.4 Å². The number of fused-ring (bicyclic) bond motifs is 9. The third kappa shape index (κ3) is 6.00. The van der Waals surface area contributed by atoms with Gasteiger partial charge >= 0.3 is 0 Å². The van der Waals surface area contributed by atoms with Gasteiger partial charge in [-0.1, -0.05) is 184 Å². The average molecular weight is 850 g/mol. The van der Waals surface area contributed by atoms with E-state index in [0.29, 0.717) is 17.5 Å². The molecule has 13 rings (SSSR count). The largest absolute Gasteiger partial charge is 0.456 e. The van der Waals surface area contributed by atoms with E-state index in [1.165, 1.54) is 48.2 Å². The van der Waals surface area contributed by atoms with Crippen molar-refractivity contribution in [2.45, 2.75) is 19.3 Å². The van der Waals surface area contributed by atoms with Crippen LogP contribution < -0.4 is 0 Å². The van der Waals surface area contributed by atoms with Gasteiger partial charge in [0, 0.05) is 53.1 Å². The zero-order chi connectivity index (χ0) is 43.2. The Labute approximate surface area is 380 Å². The molecule has 1 aliphatic rings. The van der Waals surface area contributed by atoms with E-state index in [1.54, 1.807) is 11.3 Å². The first kappa shape index (κ1) is 37.6. The molecule has 0 radical (unpaired) electrons. The van der Waals surface area contributed by atoms with Gasteiger partial charge in [0.15, 0.2) is 17.5 Å². The summed E-state index contributed by atoms with van der Waals surface area (Å²) in [5, 5.41) is 4.34. The summed E-state index contributed by atoms with van der Waals surface area (Å²) in [6.45, 7) is 4.70. The van der Waals surface area contributed by atoms with Crippen molar-refractivity contribution in [2.24, 2.45) is 0 Å². The molecule has 65 heavy (non-hydrogen) atoms. The van der Waals surface area contributed by atoms with Crippen LogP contribution in [0.2, 0.25) is 0 Å². The molecule has 0 saturated carbocycles. The van der Waals surface area contributed by atoms with Gasteiger partial charge in [0.2, 0.25) is 0 Å². The van der Waals surface area contributed by atoms with Crippen molar-refractivity contribution >= 4 is 53.4 Å². The van der Waals surface area contributed by atoms with E-state index in [-0.39, 0.29) is 5.41 Å². The second kappa shape index (κ2) is 14.5. The number of rotatable bonds is 6. The molecule has 0 unspecified atom stereocenters. The van der Waals surface area contributed by atoms with Crippen LogP contribution in [0.5, 0.6) is 0 Å². The van der Waals surface area contributed by atoms with Crippen LogP contribution in [0.15, 0.2) is 205 Å². The fourth-order valence-corrected chi connectivity index (χ4v) is 11.4. The average Bonchev–Trinajstić information content (AvgIpc) is 4.01. The third-order valence-corrected chi connectivity index (χ3v) is 14.5. The minimum absolute atomic E-state index is 0.0923. The zero-order valence-electron chi connectivity index (χ0n) is 35.7. The normalized spacial score (nSPS) is 12.9. The highest BCUT2D eigenvalue weighted by Crippen LogP contribution is 2.52.